The van der Waals surface area contributed by atoms with Crippen molar-refractivity contribution in [2.24, 2.45) is 0 Å². The molecule has 0 aromatic carbocycles. The highest BCUT2D eigenvalue weighted by Crippen LogP contribution is 1.98. The maximum atomic E-state index is 11.5. The van der Waals surface area contributed by atoms with E-state index in [0.717, 1.165) is 12.8 Å². The molecule has 4 heteroatoms. The summed E-state index contributed by atoms with van der Waals surface area (Å²) < 4.78 is 27.8. The lowest BCUT2D eigenvalue weighted by molar-refractivity contribution is 0.0159. The van der Waals surface area contributed by atoms with Crippen molar-refractivity contribution >= 4 is 0 Å². The average molecular weight is 181 g/mol. The van der Waals surface area contributed by atoms with Gasteiger partial charge >= 0.3 is 0 Å². The third-order valence-corrected chi connectivity index (χ3v) is 1.66. The van der Waals surface area contributed by atoms with E-state index in [9.17, 15) is 8.78 Å². The van der Waals surface area contributed by atoms with Crippen LogP contribution in [0.25, 0.3) is 0 Å². The van der Waals surface area contributed by atoms with Gasteiger partial charge in [-0.05, 0) is 26.8 Å². The molecule has 0 amide bonds. The molecule has 0 saturated carbocycles. The molecule has 0 radical (unpaired) electrons. The Morgan fingerprint density at radius 1 is 1.42 bits per heavy atom. The minimum Gasteiger partial charge on any atom is -0.376 e. The van der Waals surface area contributed by atoms with E-state index in [1.165, 1.54) is 0 Å². The molecule has 1 atom stereocenters. The van der Waals surface area contributed by atoms with Crippen LogP contribution in [0, 0.1) is 0 Å². The van der Waals surface area contributed by atoms with Gasteiger partial charge in [0.25, 0.3) is 6.43 Å². The maximum Gasteiger partial charge on any atom is 0.261 e. The third-order valence-electron chi connectivity index (χ3n) is 1.66. The van der Waals surface area contributed by atoms with Crippen LogP contribution in [0.3, 0.4) is 0 Å². The normalized spacial score (nSPS) is 13.8. The molecule has 2 nitrogen and oxygen atoms in total. The van der Waals surface area contributed by atoms with Crippen LogP contribution in [0.15, 0.2) is 0 Å². The second-order valence-electron chi connectivity index (χ2n) is 2.80. The molecule has 0 aromatic rings. The van der Waals surface area contributed by atoms with Crippen LogP contribution in [0.2, 0.25) is 0 Å². The van der Waals surface area contributed by atoms with Gasteiger partial charge in [-0.3, -0.25) is 0 Å². The van der Waals surface area contributed by atoms with Gasteiger partial charge in [-0.2, -0.15) is 0 Å². The van der Waals surface area contributed by atoms with Gasteiger partial charge in [-0.25, -0.2) is 8.78 Å². The van der Waals surface area contributed by atoms with Crippen LogP contribution in [0.5, 0.6) is 0 Å². The molecule has 0 saturated heterocycles. The zero-order valence-electron chi connectivity index (χ0n) is 7.65. The van der Waals surface area contributed by atoms with Crippen LogP contribution in [-0.4, -0.2) is 32.7 Å². The van der Waals surface area contributed by atoms with Gasteiger partial charge in [0.1, 0.15) is 6.61 Å². The van der Waals surface area contributed by atoms with Gasteiger partial charge in [0, 0.05) is 12.6 Å². The molecule has 12 heavy (non-hydrogen) atoms. The SMILES string of the molecule is CNC(C)CCCOCC(F)F. The molecule has 1 N–H and O–H groups in total. The second-order valence-corrected chi connectivity index (χ2v) is 2.80. The molecule has 0 aliphatic heterocycles. The number of ether oxygens (including phenoxy) is 1. The Morgan fingerprint density at radius 3 is 2.58 bits per heavy atom. The van der Waals surface area contributed by atoms with E-state index in [1.807, 2.05) is 14.0 Å². The quantitative estimate of drug-likeness (QED) is 0.603. The Morgan fingerprint density at radius 2 is 2.08 bits per heavy atom. The lowest BCUT2D eigenvalue weighted by atomic mass is 10.2. The summed E-state index contributed by atoms with van der Waals surface area (Å²) in [5, 5.41) is 3.06. The number of hydrogen-bond acceptors (Lipinski definition) is 2. The molecule has 0 spiro atoms. The molecular weight excluding hydrogens is 164 g/mol. The Balaban J connectivity index is 3.00. The van der Waals surface area contributed by atoms with E-state index in [0.29, 0.717) is 12.6 Å². The van der Waals surface area contributed by atoms with Crippen LogP contribution in [0.1, 0.15) is 19.8 Å². The number of hydrogen-bond donors (Lipinski definition) is 1. The summed E-state index contributed by atoms with van der Waals surface area (Å²) >= 11 is 0. The molecule has 0 aliphatic rings. The van der Waals surface area contributed by atoms with E-state index in [2.05, 4.69) is 5.32 Å². The van der Waals surface area contributed by atoms with E-state index in [4.69, 9.17) is 4.74 Å². The molecule has 74 valence electrons. The number of nitrogens with one attached hydrogen (secondary N) is 1. The summed E-state index contributed by atoms with van der Waals surface area (Å²) in [5.74, 6) is 0. The van der Waals surface area contributed by atoms with Crippen molar-refractivity contribution in [1.82, 2.24) is 5.32 Å². The predicted octanol–water partition coefficient (Wildman–Crippen LogP) is 1.66. The lowest BCUT2D eigenvalue weighted by Gasteiger charge is -2.09. The van der Waals surface area contributed by atoms with Gasteiger partial charge in [0.2, 0.25) is 0 Å². The predicted molar refractivity (Wildman–Crippen MR) is 44.6 cm³/mol. The minimum absolute atomic E-state index is 0.427. The summed E-state index contributed by atoms with van der Waals surface area (Å²) in [6.07, 6.45) is -0.555. The van der Waals surface area contributed by atoms with Crippen molar-refractivity contribution < 1.29 is 13.5 Å². The lowest BCUT2D eigenvalue weighted by Crippen LogP contribution is -2.21. The van der Waals surface area contributed by atoms with E-state index in [-0.39, 0.29) is 0 Å². The van der Waals surface area contributed by atoms with Gasteiger partial charge in [-0.1, -0.05) is 0 Å². The largest absolute Gasteiger partial charge is 0.376 e. The molecule has 0 fully saturated rings. The van der Waals surface area contributed by atoms with Gasteiger partial charge in [0.05, 0.1) is 0 Å². The Labute approximate surface area is 72.3 Å². The van der Waals surface area contributed by atoms with E-state index in [1.54, 1.807) is 0 Å². The first kappa shape index (κ1) is 11.8. The molecule has 0 bridgehead atoms. The second kappa shape index (κ2) is 7.43. The van der Waals surface area contributed by atoms with Crippen molar-refractivity contribution in [2.45, 2.75) is 32.2 Å². The fourth-order valence-corrected chi connectivity index (χ4v) is 0.808. The summed E-state index contributed by atoms with van der Waals surface area (Å²) in [7, 11) is 1.88. The Hall–Kier alpha value is -0.220. The molecule has 0 rings (SSSR count). The number of alkyl halides is 2. The zero-order chi connectivity index (χ0) is 9.40. The van der Waals surface area contributed by atoms with Crippen molar-refractivity contribution in [3.8, 4) is 0 Å². The topological polar surface area (TPSA) is 21.3 Å². The van der Waals surface area contributed by atoms with Crippen molar-refractivity contribution in [2.75, 3.05) is 20.3 Å². The first-order valence-corrected chi connectivity index (χ1v) is 4.20. The standard InChI is InChI=1S/C8H17F2NO/c1-7(11-2)4-3-5-12-6-8(9)10/h7-8,11H,3-6H2,1-2H3. The van der Waals surface area contributed by atoms with E-state index >= 15 is 0 Å². The van der Waals surface area contributed by atoms with Crippen LogP contribution in [0.4, 0.5) is 8.78 Å². The third kappa shape index (κ3) is 7.88. The summed E-state index contributed by atoms with van der Waals surface area (Å²) in [4.78, 5) is 0. The summed E-state index contributed by atoms with van der Waals surface area (Å²) in [6.45, 7) is 2.04. The highest BCUT2D eigenvalue weighted by molar-refractivity contribution is 4.55. The fourth-order valence-electron chi connectivity index (χ4n) is 0.808. The summed E-state index contributed by atoms with van der Waals surface area (Å²) in [5.41, 5.74) is 0. The van der Waals surface area contributed by atoms with E-state index < -0.39 is 13.0 Å². The molecule has 0 aromatic heterocycles. The molecule has 1 unspecified atom stereocenters. The summed E-state index contributed by atoms with van der Waals surface area (Å²) in [6, 6.07) is 0.431. The fraction of sp³-hybridized carbons (Fsp3) is 1.00. The Kier molecular flexibility index (Phi) is 7.29. The highest BCUT2D eigenvalue weighted by atomic mass is 19.3. The van der Waals surface area contributed by atoms with Gasteiger partial charge in [-0.15, -0.1) is 0 Å². The molecule has 0 aliphatic carbocycles. The van der Waals surface area contributed by atoms with Gasteiger partial charge < -0.3 is 10.1 Å². The molecule has 0 heterocycles. The van der Waals surface area contributed by atoms with Crippen LogP contribution < -0.4 is 5.32 Å². The first-order chi connectivity index (χ1) is 5.66. The van der Waals surface area contributed by atoms with Crippen LogP contribution in [-0.2, 0) is 4.74 Å². The molecular formula is C8H17F2NO. The highest BCUT2D eigenvalue weighted by Gasteiger charge is 2.02. The average Bonchev–Trinajstić information content (AvgIpc) is 2.03. The number of halogens is 2. The van der Waals surface area contributed by atoms with Crippen molar-refractivity contribution in [3.05, 3.63) is 0 Å². The maximum absolute atomic E-state index is 11.5. The minimum atomic E-state index is -2.34. The monoisotopic (exact) mass is 181 g/mol. The van der Waals surface area contributed by atoms with Crippen LogP contribution >= 0.6 is 0 Å². The number of rotatable bonds is 7. The van der Waals surface area contributed by atoms with Gasteiger partial charge in [0.15, 0.2) is 0 Å². The smallest absolute Gasteiger partial charge is 0.261 e. The zero-order valence-corrected chi connectivity index (χ0v) is 7.65. The first-order valence-electron chi connectivity index (χ1n) is 4.20. The Bertz CT molecular complexity index is 101. The van der Waals surface area contributed by atoms with Crippen molar-refractivity contribution in [1.29, 1.82) is 0 Å². The van der Waals surface area contributed by atoms with Crippen molar-refractivity contribution in [3.63, 3.8) is 0 Å².